The molecule has 0 saturated heterocycles. The van der Waals surface area contributed by atoms with Crippen LogP contribution in [0, 0.1) is 0 Å². The van der Waals surface area contributed by atoms with Crippen LogP contribution in [0.3, 0.4) is 0 Å². The number of hydrogen-bond acceptors (Lipinski definition) is 5. The number of fused-ring (bicyclic) bond motifs is 3. The van der Waals surface area contributed by atoms with Gasteiger partial charge in [0.15, 0.2) is 0 Å². The maximum absolute atomic E-state index is 12.1. The van der Waals surface area contributed by atoms with E-state index in [0.717, 1.165) is 22.3 Å². The highest BCUT2D eigenvalue weighted by Crippen LogP contribution is 2.44. The Morgan fingerprint density at radius 3 is 1.90 bits per heavy atom. The third-order valence-electron chi connectivity index (χ3n) is 4.96. The molecule has 0 radical (unpaired) electrons. The number of amides is 2. The number of rotatable bonds is 9. The maximum atomic E-state index is 12.1. The van der Waals surface area contributed by atoms with Crippen LogP contribution in [0.2, 0.25) is 0 Å². The first-order chi connectivity index (χ1) is 14.9. The summed E-state index contributed by atoms with van der Waals surface area (Å²) in [6, 6.07) is 15.8. The van der Waals surface area contributed by atoms with Crippen LogP contribution in [0.1, 0.15) is 23.5 Å². The van der Waals surface area contributed by atoms with Crippen molar-refractivity contribution in [1.82, 2.24) is 10.2 Å². The molecule has 31 heavy (non-hydrogen) atoms. The summed E-state index contributed by atoms with van der Waals surface area (Å²) >= 11 is 0. The normalized spacial score (nSPS) is 11.9. The number of hydrogen-bond donors (Lipinski definition) is 3. The van der Waals surface area contributed by atoms with E-state index in [4.69, 9.17) is 14.9 Å². The van der Waals surface area contributed by atoms with Crippen LogP contribution in [-0.4, -0.2) is 65.3 Å². The van der Waals surface area contributed by atoms with Gasteiger partial charge in [-0.05, 0) is 22.3 Å². The van der Waals surface area contributed by atoms with Crippen LogP contribution < -0.4 is 5.32 Å². The van der Waals surface area contributed by atoms with E-state index < -0.39 is 37.0 Å². The van der Waals surface area contributed by atoms with E-state index in [0.29, 0.717) is 4.90 Å². The van der Waals surface area contributed by atoms with Gasteiger partial charge in [0, 0.05) is 18.9 Å². The average molecular weight is 426 g/mol. The molecule has 162 valence electrons. The molecule has 1 aliphatic carbocycles. The van der Waals surface area contributed by atoms with Gasteiger partial charge < -0.3 is 25.2 Å². The fraction of sp³-hybridized carbons (Fsp3) is 0.273. The molecule has 2 amide bonds. The number of aliphatic carboxylic acids is 2. The van der Waals surface area contributed by atoms with E-state index in [2.05, 4.69) is 5.32 Å². The molecule has 2 aromatic rings. The van der Waals surface area contributed by atoms with Crippen LogP contribution in [0.5, 0.6) is 0 Å². The standard InChI is InChI=1S/C22H22N2O7/c25-19(24(11-20(26)27)12-21(28)29)9-10-23-22(30)31-13-18-16-7-3-1-5-14(16)15-6-2-4-8-17(15)18/h1-8,18H,9-13H2,(H,23,30)(H,26,27)(H,28,29). The van der Waals surface area contributed by atoms with Crippen LogP contribution in [-0.2, 0) is 19.1 Å². The molecule has 0 unspecified atom stereocenters. The Morgan fingerprint density at radius 2 is 1.39 bits per heavy atom. The lowest BCUT2D eigenvalue weighted by atomic mass is 9.98. The number of carbonyl (C=O) groups is 4. The molecule has 0 fully saturated rings. The number of carbonyl (C=O) groups excluding carboxylic acids is 2. The largest absolute Gasteiger partial charge is 0.480 e. The quantitative estimate of drug-likeness (QED) is 0.558. The molecule has 2 aromatic carbocycles. The SMILES string of the molecule is O=C(O)CN(CC(=O)O)C(=O)CCNC(=O)OCC1c2ccccc2-c2ccccc21. The molecule has 0 heterocycles. The highest BCUT2D eigenvalue weighted by molar-refractivity contribution is 5.85. The minimum absolute atomic E-state index is 0.0959. The van der Waals surface area contributed by atoms with E-state index in [1.165, 1.54) is 0 Å². The number of benzene rings is 2. The summed E-state index contributed by atoms with van der Waals surface area (Å²) in [4.78, 5) is 46.4. The lowest BCUT2D eigenvalue weighted by Gasteiger charge is -2.18. The molecule has 0 aliphatic heterocycles. The Morgan fingerprint density at radius 1 is 0.871 bits per heavy atom. The summed E-state index contributed by atoms with van der Waals surface area (Å²) in [6.45, 7) is -1.44. The third-order valence-corrected chi connectivity index (χ3v) is 4.96. The van der Waals surface area contributed by atoms with Crippen LogP contribution in [0.15, 0.2) is 48.5 Å². The molecule has 3 rings (SSSR count). The molecule has 0 saturated carbocycles. The Labute approximate surface area is 178 Å². The van der Waals surface area contributed by atoms with Gasteiger partial charge in [-0.3, -0.25) is 14.4 Å². The predicted octanol–water partition coefficient (Wildman–Crippen LogP) is 1.91. The summed E-state index contributed by atoms with van der Waals surface area (Å²) in [5.74, 6) is -3.43. The first-order valence-corrected chi connectivity index (χ1v) is 9.67. The highest BCUT2D eigenvalue weighted by Gasteiger charge is 2.29. The van der Waals surface area contributed by atoms with Gasteiger partial charge in [-0.2, -0.15) is 0 Å². The zero-order valence-corrected chi connectivity index (χ0v) is 16.6. The molecule has 0 bridgehead atoms. The summed E-state index contributed by atoms with van der Waals surface area (Å²) in [6.07, 6.45) is -0.956. The molecular weight excluding hydrogens is 404 g/mol. The Kier molecular flexibility index (Phi) is 6.86. The van der Waals surface area contributed by atoms with Crippen LogP contribution in [0.4, 0.5) is 4.79 Å². The van der Waals surface area contributed by atoms with Crippen molar-refractivity contribution in [3.63, 3.8) is 0 Å². The van der Waals surface area contributed by atoms with E-state index in [-0.39, 0.29) is 25.5 Å². The van der Waals surface area contributed by atoms with Gasteiger partial charge in [0.25, 0.3) is 0 Å². The van der Waals surface area contributed by atoms with Gasteiger partial charge in [0.1, 0.15) is 19.7 Å². The summed E-state index contributed by atoms with van der Waals surface area (Å²) in [5.41, 5.74) is 4.36. The fourth-order valence-corrected chi connectivity index (χ4v) is 3.64. The molecule has 9 heteroatoms. The second-order valence-electron chi connectivity index (χ2n) is 7.04. The topological polar surface area (TPSA) is 133 Å². The number of ether oxygens (including phenoxy) is 1. The van der Waals surface area contributed by atoms with Gasteiger partial charge in [-0.15, -0.1) is 0 Å². The van der Waals surface area contributed by atoms with Crippen molar-refractivity contribution in [1.29, 1.82) is 0 Å². The molecule has 9 nitrogen and oxygen atoms in total. The van der Waals surface area contributed by atoms with Gasteiger partial charge in [0.2, 0.25) is 5.91 Å². The van der Waals surface area contributed by atoms with Gasteiger partial charge >= 0.3 is 18.0 Å². The summed E-state index contributed by atoms with van der Waals surface area (Å²) in [7, 11) is 0. The molecule has 0 aromatic heterocycles. The van der Waals surface area contributed by atoms with E-state index in [9.17, 15) is 19.2 Å². The smallest absolute Gasteiger partial charge is 0.407 e. The van der Waals surface area contributed by atoms with Crippen molar-refractivity contribution >= 4 is 23.9 Å². The number of alkyl carbamates (subject to hydrolysis) is 1. The Bertz CT molecular complexity index is 943. The van der Waals surface area contributed by atoms with Crippen LogP contribution >= 0.6 is 0 Å². The summed E-state index contributed by atoms with van der Waals surface area (Å²) in [5, 5.41) is 20.0. The first-order valence-electron chi connectivity index (χ1n) is 9.67. The second kappa shape index (κ2) is 9.75. The number of nitrogens with zero attached hydrogens (tertiary/aromatic N) is 1. The van der Waals surface area contributed by atoms with Crippen molar-refractivity contribution in [3.8, 4) is 11.1 Å². The minimum atomic E-state index is -1.32. The van der Waals surface area contributed by atoms with Gasteiger partial charge in [0.05, 0.1) is 0 Å². The molecular formula is C22H22N2O7. The minimum Gasteiger partial charge on any atom is -0.480 e. The first kappa shape index (κ1) is 21.8. The zero-order valence-electron chi connectivity index (χ0n) is 16.6. The van der Waals surface area contributed by atoms with Gasteiger partial charge in [-0.25, -0.2) is 4.79 Å². The zero-order chi connectivity index (χ0) is 22.4. The summed E-state index contributed by atoms with van der Waals surface area (Å²) < 4.78 is 5.35. The van der Waals surface area contributed by atoms with Gasteiger partial charge in [-0.1, -0.05) is 48.5 Å². The second-order valence-corrected chi connectivity index (χ2v) is 7.04. The number of nitrogens with one attached hydrogen (secondary N) is 1. The van der Waals surface area contributed by atoms with Crippen molar-refractivity contribution in [2.24, 2.45) is 0 Å². The number of carboxylic acids is 2. The highest BCUT2D eigenvalue weighted by atomic mass is 16.5. The number of carboxylic acid groups (broad SMARTS) is 2. The van der Waals surface area contributed by atoms with E-state index >= 15 is 0 Å². The Hall–Kier alpha value is -3.88. The molecule has 1 aliphatic rings. The molecule has 0 atom stereocenters. The molecule has 0 spiro atoms. The molecule has 3 N–H and O–H groups in total. The lowest BCUT2D eigenvalue weighted by Crippen LogP contribution is -2.41. The van der Waals surface area contributed by atoms with E-state index in [1.807, 2.05) is 48.5 Å². The average Bonchev–Trinajstić information content (AvgIpc) is 3.05. The van der Waals surface area contributed by atoms with Crippen molar-refractivity contribution < 1.29 is 34.1 Å². The third kappa shape index (κ3) is 5.39. The van der Waals surface area contributed by atoms with Crippen molar-refractivity contribution in [2.75, 3.05) is 26.2 Å². The maximum Gasteiger partial charge on any atom is 0.407 e. The van der Waals surface area contributed by atoms with Crippen molar-refractivity contribution in [3.05, 3.63) is 59.7 Å². The Balaban J connectivity index is 1.51. The predicted molar refractivity (Wildman–Crippen MR) is 110 cm³/mol. The van der Waals surface area contributed by atoms with E-state index in [1.54, 1.807) is 0 Å². The monoisotopic (exact) mass is 426 g/mol. The van der Waals surface area contributed by atoms with Crippen LogP contribution in [0.25, 0.3) is 11.1 Å². The lowest BCUT2D eigenvalue weighted by molar-refractivity contribution is -0.149. The fourth-order valence-electron chi connectivity index (χ4n) is 3.64. The van der Waals surface area contributed by atoms with Crippen molar-refractivity contribution in [2.45, 2.75) is 12.3 Å².